The number of rotatable bonds is 6. The van der Waals surface area contributed by atoms with Crippen molar-refractivity contribution in [2.24, 2.45) is 4.99 Å². The monoisotopic (exact) mass is 439 g/mol. The third-order valence-corrected chi connectivity index (χ3v) is 5.66. The van der Waals surface area contributed by atoms with E-state index >= 15 is 0 Å². The van der Waals surface area contributed by atoms with Gasteiger partial charge in [-0.25, -0.2) is 0 Å². The van der Waals surface area contributed by atoms with Gasteiger partial charge in [0, 0.05) is 17.7 Å². The molecule has 33 heavy (non-hydrogen) atoms. The normalized spacial score (nSPS) is 12.4. The summed E-state index contributed by atoms with van der Waals surface area (Å²) in [6.07, 6.45) is 3.89. The first-order valence-corrected chi connectivity index (χ1v) is 10.3. The quantitative estimate of drug-likeness (QED) is 0.199. The van der Waals surface area contributed by atoms with Crippen LogP contribution in [0.4, 0.5) is 17.1 Å². The summed E-state index contributed by atoms with van der Waals surface area (Å²) in [5, 5.41) is 24.6. The molecule has 8 heteroatoms. The van der Waals surface area contributed by atoms with Gasteiger partial charge in [-0.3, -0.25) is 25.2 Å². The van der Waals surface area contributed by atoms with Gasteiger partial charge in [0.25, 0.3) is 5.69 Å². The minimum Gasteiger partial charge on any atom is -0.450 e. The van der Waals surface area contributed by atoms with E-state index < -0.39 is 15.5 Å². The second kappa shape index (κ2) is 8.16. The Morgan fingerprint density at radius 3 is 2.33 bits per heavy atom. The van der Waals surface area contributed by atoms with Gasteiger partial charge in [0.15, 0.2) is 0 Å². The number of benzene rings is 4. The molecule has 8 nitrogen and oxygen atoms in total. The van der Waals surface area contributed by atoms with Crippen molar-refractivity contribution < 1.29 is 14.6 Å². The number of aryl methyl sites for hydroxylation is 2. The molecule has 0 amide bonds. The van der Waals surface area contributed by atoms with Gasteiger partial charge in [0.05, 0.1) is 21.6 Å². The number of aliphatic imine (C=N–C) groups is 1. The summed E-state index contributed by atoms with van der Waals surface area (Å²) in [7, 11) is 0. The molecule has 0 unspecified atom stereocenters. The van der Waals surface area contributed by atoms with Gasteiger partial charge < -0.3 is 4.74 Å². The van der Waals surface area contributed by atoms with Gasteiger partial charge in [-0.2, -0.15) is 0 Å². The van der Waals surface area contributed by atoms with Crippen molar-refractivity contribution in [2.75, 3.05) is 0 Å². The van der Waals surface area contributed by atoms with Gasteiger partial charge >= 0.3 is 5.69 Å². The Balaban J connectivity index is 1.37. The van der Waals surface area contributed by atoms with E-state index in [1.165, 1.54) is 28.6 Å². The number of nitrogens with zero attached hydrogens (tertiary/aromatic N) is 3. The molecule has 0 saturated heterocycles. The molecule has 0 spiro atoms. The lowest BCUT2D eigenvalue weighted by Gasteiger charge is -2.07. The largest absolute Gasteiger partial charge is 0.450 e. The highest BCUT2D eigenvalue weighted by molar-refractivity contribution is 6.00. The zero-order chi connectivity index (χ0) is 22.9. The molecule has 4 aromatic carbocycles. The summed E-state index contributed by atoms with van der Waals surface area (Å²) in [4.78, 5) is 25.4. The molecule has 4 aromatic rings. The lowest BCUT2D eigenvalue weighted by molar-refractivity contribution is -0.394. The number of hydrogen-bond donors (Lipinski definition) is 0. The molecule has 1 aliphatic rings. The minimum absolute atomic E-state index is 0.0695. The number of ether oxygens (including phenoxy) is 1. The van der Waals surface area contributed by atoms with Crippen LogP contribution in [0.15, 0.2) is 77.8 Å². The van der Waals surface area contributed by atoms with Crippen LogP contribution in [-0.4, -0.2) is 16.1 Å². The number of nitro benzene ring substituents is 2. The summed E-state index contributed by atoms with van der Waals surface area (Å²) < 4.78 is 5.61. The van der Waals surface area contributed by atoms with Gasteiger partial charge in [-0.05, 0) is 71.3 Å². The maximum absolute atomic E-state index is 11.3. The fourth-order valence-electron chi connectivity index (χ4n) is 4.09. The molecule has 0 atom stereocenters. The lowest BCUT2D eigenvalue weighted by atomic mass is 10.0. The molecule has 0 heterocycles. The Morgan fingerprint density at radius 1 is 0.848 bits per heavy atom. The molecule has 0 radical (unpaired) electrons. The molecule has 0 saturated carbocycles. The van der Waals surface area contributed by atoms with Crippen LogP contribution in [0.25, 0.3) is 10.8 Å². The fourth-order valence-corrected chi connectivity index (χ4v) is 4.09. The van der Waals surface area contributed by atoms with Crippen molar-refractivity contribution in [3.8, 4) is 11.5 Å². The van der Waals surface area contributed by atoms with E-state index in [-0.39, 0.29) is 11.4 Å². The summed E-state index contributed by atoms with van der Waals surface area (Å²) >= 11 is 0. The van der Waals surface area contributed by atoms with Gasteiger partial charge in [0.2, 0.25) is 5.75 Å². The van der Waals surface area contributed by atoms with E-state index in [2.05, 4.69) is 29.3 Å². The molecule has 0 bridgehead atoms. The predicted octanol–water partition coefficient (Wildman–Crippen LogP) is 6.30. The van der Waals surface area contributed by atoms with E-state index in [0.29, 0.717) is 5.75 Å². The lowest BCUT2D eigenvalue weighted by Crippen LogP contribution is -1.96. The summed E-state index contributed by atoms with van der Waals surface area (Å²) in [5.74, 6) is 0.300. The zero-order valence-corrected chi connectivity index (χ0v) is 17.3. The number of nitro groups is 2. The standard InChI is InChI=1S/C25H17N3O5/c29-27(30)19-9-13-24(23(14-19)28(31)32)33-20-10-4-16(5-11-20)15-26-22-12-8-18-7-6-17-2-1-3-21(22)25(17)18/h1-5,8-15H,6-7H2. The van der Waals surface area contributed by atoms with Crippen LogP contribution in [0.5, 0.6) is 11.5 Å². The number of hydrogen-bond acceptors (Lipinski definition) is 6. The SMILES string of the molecule is O=[N+]([O-])c1ccc(Oc2ccc(C=Nc3ccc4c5c(cccc35)CC4)cc2)c([N+](=O)[O-])c1. The van der Waals surface area contributed by atoms with E-state index in [9.17, 15) is 20.2 Å². The highest BCUT2D eigenvalue weighted by Gasteiger charge is 2.21. The Hall–Kier alpha value is -4.59. The first kappa shape index (κ1) is 20.3. The van der Waals surface area contributed by atoms with Crippen molar-refractivity contribution in [3.05, 3.63) is 110 Å². The molecular weight excluding hydrogens is 422 g/mol. The van der Waals surface area contributed by atoms with Crippen molar-refractivity contribution in [3.63, 3.8) is 0 Å². The molecule has 0 aromatic heterocycles. The minimum atomic E-state index is -0.707. The summed E-state index contributed by atoms with van der Waals surface area (Å²) in [5.41, 5.74) is 3.62. The third kappa shape index (κ3) is 3.89. The molecule has 0 aliphatic heterocycles. The van der Waals surface area contributed by atoms with Crippen LogP contribution in [0.1, 0.15) is 16.7 Å². The van der Waals surface area contributed by atoms with Crippen molar-refractivity contribution >= 4 is 34.0 Å². The van der Waals surface area contributed by atoms with Crippen molar-refractivity contribution in [1.29, 1.82) is 0 Å². The Morgan fingerprint density at radius 2 is 1.61 bits per heavy atom. The van der Waals surface area contributed by atoms with E-state index in [1.807, 2.05) is 6.07 Å². The second-order valence-corrected chi connectivity index (χ2v) is 7.68. The molecule has 5 rings (SSSR count). The van der Waals surface area contributed by atoms with Crippen LogP contribution in [0.3, 0.4) is 0 Å². The van der Waals surface area contributed by atoms with Gasteiger partial charge in [0.1, 0.15) is 5.75 Å². The van der Waals surface area contributed by atoms with E-state index in [0.717, 1.165) is 35.5 Å². The summed E-state index contributed by atoms with van der Waals surface area (Å²) in [6.45, 7) is 0. The van der Waals surface area contributed by atoms with Crippen LogP contribution in [0, 0.1) is 20.2 Å². The van der Waals surface area contributed by atoms with Crippen LogP contribution >= 0.6 is 0 Å². The smallest absolute Gasteiger partial charge is 0.318 e. The van der Waals surface area contributed by atoms with Crippen LogP contribution < -0.4 is 4.74 Å². The summed E-state index contributed by atoms with van der Waals surface area (Å²) in [6, 6.07) is 20.7. The number of non-ortho nitro benzene ring substituents is 1. The first-order chi connectivity index (χ1) is 16.0. The highest BCUT2D eigenvalue weighted by Crippen LogP contribution is 2.37. The Labute approximate surface area is 188 Å². The molecular formula is C25H17N3O5. The van der Waals surface area contributed by atoms with E-state index in [1.54, 1.807) is 30.5 Å². The zero-order valence-electron chi connectivity index (χ0n) is 17.3. The van der Waals surface area contributed by atoms with Crippen molar-refractivity contribution in [2.45, 2.75) is 12.8 Å². The average molecular weight is 439 g/mol. The third-order valence-electron chi connectivity index (χ3n) is 5.66. The Bertz CT molecular complexity index is 1430. The van der Waals surface area contributed by atoms with Crippen molar-refractivity contribution in [1.82, 2.24) is 0 Å². The molecule has 0 N–H and O–H groups in total. The van der Waals surface area contributed by atoms with Gasteiger partial charge in [-0.15, -0.1) is 0 Å². The predicted molar refractivity (Wildman–Crippen MR) is 125 cm³/mol. The molecule has 1 aliphatic carbocycles. The highest BCUT2D eigenvalue weighted by atomic mass is 16.6. The topological polar surface area (TPSA) is 108 Å². The fraction of sp³-hybridized carbons (Fsp3) is 0.0800. The van der Waals surface area contributed by atoms with E-state index in [4.69, 9.17) is 4.74 Å². The maximum Gasteiger partial charge on any atom is 0.318 e. The Kier molecular flexibility index (Phi) is 5.02. The molecule has 162 valence electrons. The van der Waals surface area contributed by atoms with Gasteiger partial charge in [-0.1, -0.05) is 24.3 Å². The van der Waals surface area contributed by atoms with Crippen LogP contribution in [0.2, 0.25) is 0 Å². The average Bonchev–Trinajstić information content (AvgIpc) is 3.24. The second-order valence-electron chi connectivity index (χ2n) is 7.68. The molecule has 0 fully saturated rings. The van der Waals surface area contributed by atoms with Crippen LogP contribution in [-0.2, 0) is 12.8 Å². The first-order valence-electron chi connectivity index (χ1n) is 10.3. The maximum atomic E-state index is 11.3.